The third-order valence-corrected chi connectivity index (χ3v) is 5.60. The van der Waals surface area contributed by atoms with Crippen molar-refractivity contribution in [2.45, 2.75) is 39.2 Å². The highest BCUT2D eigenvalue weighted by atomic mass is 32.1. The summed E-state index contributed by atoms with van der Waals surface area (Å²) in [7, 11) is 0. The Morgan fingerprint density at radius 3 is 2.95 bits per heavy atom. The standard InChI is InChI=1S/C14H21N3OS/c1-9-13(19-8-17-9)7-16-14(18)15-6-12-5-10-2-3-11(12)4-10/h8,10-12H,2-7H2,1H3,(H2,15,16,18). The van der Waals surface area contributed by atoms with Gasteiger partial charge in [0, 0.05) is 11.4 Å². The number of thiazole rings is 1. The Morgan fingerprint density at radius 2 is 2.32 bits per heavy atom. The van der Waals surface area contributed by atoms with E-state index in [4.69, 9.17) is 0 Å². The SMILES string of the molecule is Cc1ncsc1CNC(=O)NCC1CC2CCC1C2. The van der Waals surface area contributed by atoms with Crippen LogP contribution in [0.1, 0.15) is 36.3 Å². The minimum absolute atomic E-state index is 0.0458. The molecule has 0 aromatic carbocycles. The van der Waals surface area contributed by atoms with Crippen LogP contribution in [0.25, 0.3) is 0 Å². The maximum Gasteiger partial charge on any atom is 0.315 e. The summed E-state index contributed by atoms with van der Waals surface area (Å²) in [4.78, 5) is 17.1. The quantitative estimate of drug-likeness (QED) is 0.890. The number of hydrogen-bond acceptors (Lipinski definition) is 3. The summed E-state index contributed by atoms with van der Waals surface area (Å²) in [6.45, 7) is 3.40. The number of rotatable bonds is 4. The van der Waals surface area contributed by atoms with E-state index in [-0.39, 0.29) is 6.03 Å². The normalized spacial score (nSPS) is 28.6. The lowest BCUT2D eigenvalue weighted by Crippen LogP contribution is -2.38. The van der Waals surface area contributed by atoms with Crippen molar-refractivity contribution < 1.29 is 4.79 Å². The second-order valence-electron chi connectivity index (χ2n) is 5.86. The Kier molecular flexibility index (Phi) is 3.73. The number of hydrogen-bond donors (Lipinski definition) is 2. The Hall–Kier alpha value is -1.10. The zero-order valence-electron chi connectivity index (χ0n) is 11.3. The van der Waals surface area contributed by atoms with Gasteiger partial charge in [0.15, 0.2) is 0 Å². The van der Waals surface area contributed by atoms with Crippen molar-refractivity contribution >= 4 is 17.4 Å². The Morgan fingerprint density at radius 1 is 1.42 bits per heavy atom. The number of aryl methyl sites for hydroxylation is 1. The maximum atomic E-state index is 11.8. The summed E-state index contributed by atoms with van der Waals surface area (Å²) >= 11 is 1.59. The molecule has 104 valence electrons. The molecule has 1 heterocycles. The molecule has 1 aromatic heterocycles. The molecule has 2 saturated carbocycles. The van der Waals surface area contributed by atoms with E-state index < -0.39 is 0 Å². The highest BCUT2D eigenvalue weighted by Gasteiger charge is 2.39. The minimum atomic E-state index is -0.0458. The summed E-state index contributed by atoms with van der Waals surface area (Å²) in [5, 5.41) is 5.94. The first-order chi connectivity index (χ1) is 9.22. The fraction of sp³-hybridized carbons (Fsp3) is 0.714. The van der Waals surface area contributed by atoms with Crippen LogP contribution in [0.4, 0.5) is 4.79 Å². The Labute approximate surface area is 118 Å². The molecule has 5 heteroatoms. The zero-order chi connectivity index (χ0) is 13.2. The summed E-state index contributed by atoms with van der Waals surface area (Å²) < 4.78 is 0. The molecule has 1 aromatic rings. The van der Waals surface area contributed by atoms with Crippen LogP contribution in [-0.4, -0.2) is 17.6 Å². The average Bonchev–Trinajstić information content (AvgIpc) is 3.10. The van der Waals surface area contributed by atoms with E-state index in [0.717, 1.165) is 34.9 Å². The lowest BCUT2D eigenvalue weighted by atomic mass is 9.89. The highest BCUT2D eigenvalue weighted by molar-refractivity contribution is 7.09. The fourth-order valence-corrected chi connectivity index (χ4v) is 4.29. The van der Waals surface area contributed by atoms with Crippen LogP contribution in [0.15, 0.2) is 5.51 Å². The van der Waals surface area contributed by atoms with Crippen LogP contribution < -0.4 is 10.6 Å². The fourth-order valence-electron chi connectivity index (χ4n) is 3.57. The van der Waals surface area contributed by atoms with Crippen LogP contribution in [0.3, 0.4) is 0 Å². The average molecular weight is 279 g/mol. The van der Waals surface area contributed by atoms with Crippen molar-refractivity contribution in [1.82, 2.24) is 15.6 Å². The lowest BCUT2D eigenvalue weighted by molar-refractivity contribution is 0.234. The van der Waals surface area contributed by atoms with Gasteiger partial charge in [-0.3, -0.25) is 0 Å². The number of carbonyl (C=O) groups is 1. The van der Waals surface area contributed by atoms with Crippen LogP contribution in [0.2, 0.25) is 0 Å². The van der Waals surface area contributed by atoms with Crippen molar-refractivity contribution in [3.8, 4) is 0 Å². The first-order valence-corrected chi connectivity index (χ1v) is 8.01. The molecule has 0 saturated heterocycles. The van der Waals surface area contributed by atoms with Gasteiger partial charge in [0.25, 0.3) is 0 Å². The van der Waals surface area contributed by atoms with E-state index in [1.165, 1.54) is 25.7 Å². The molecule has 2 aliphatic rings. The largest absolute Gasteiger partial charge is 0.338 e. The molecule has 3 atom stereocenters. The number of amides is 2. The summed E-state index contributed by atoms with van der Waals surface area (Å²) in [6.07, 6.45) is 5.50. The molecule has 19 heavy (non-hydrogen) atoms. The van der Waals surface area contributed by atoms with E-state index in [9.17, 15) is 4.79 Å². The zero-order valence-corrected chi connectivity index (χ0v) is 12.1. The number of fused-ring (bicyclic) bond motifs is 2. The second-order valence-corrected chi connectivity index (χ2v) is 6.80. The molecule has 4 nitrogen and oxygen atoms in total. The first-order valence-electron chi connectivity index (χ1n) is 7.13. The molecule has 3 unspecified atom stereocenters. The molecular formula is C14H21N3OS. The van der Waals surface area contributed by atoms with E-state index >= 15 is 0 Å². The van der Waals surface area contributed by atoms with Gasteiger partial charge in [0.05, 0.1) is 17.7 Å². The van der Waals surface area contributed by atoms with E-state index in [0.29, 0.717) is 6.54 Å². The molecule has 2 fully saturated rings. The predicted octanol–water partition coefficient (Wildman–Crippen LogP) is 2.69. The molecule has 0 aliphatic heterocycles. The molecule has 2 N–H and O–H groups in total. The second kappa shape index (κ2) is 5.49. The van der Waals surface area contributed by atoms with E-state index in [1.54, 1.807) is 11.3 Å². The van der Waals surface area contributed by atoms with Gasteiger partial charge in [-0.15, -0.1) is 11.3 Å². The minimum Gasteiger partial charge on any atom is -0.338 e. The molecular weight excluding hydrogens is 258 g/mol. The molecule has 3 rings (SSSR count). The summed E-state index contributed by atoms with van der Waals surface area (Å²) in [6, 6.07) is -0.0458. The van der Waals surface area contributed by atoms with Gasteiger partial charge < -0.3 is 10.6 Å². The first kappa shape index (κ1) is 12.9. The van der Waals surface area contributed by atoms with Gasteiger partial charge in [-0.25, -0.2) is 9.78 Å². The van der Waals surface area contributed by atoms with Crippen LogP contribution in [0, 0.1) is 24.7 Å². The van der Waals surface area contributed by atoms with Crippen LogP contribution >= 0.6 is 11.3 Å². The smallest absolute Gasteiger partial charge is 0.315 e. The van der Waals surface area contributed by atoms with Crippen molar-refractivity contribution in [1.29, 1.82) is 0 Å². The highest BCUT2D eigenvalue weighted by Crippen LogP contribution is 2.47. The van der Waals surface area contributed by atoms with Crippen molar-refractivity contribution in [2.75, 3.05) is 6.54 Å². The van der Waals surface area contributed by atoms with Gasteiger partial charge in [-0.05, 0) is 43.9 Å². The summed E-state index contributed by atoms with van der Waals surface area (Å²) in [5.74, 6) is 2.53. The van der Waals surface area contributed by atoms with Crippen molar-refractivity contribution in [3.05, 3.63) is 16.1 Å². The van der Waals surface area contributed by atoms with E-state index in [1.807, 2.05) is 12.4 Å². The molecule has 0 spiro atoms. The van der Waals surface area contributed by atoms with Crippen molar-refractivity contribution in [2.24, 2.45) is 17.8 Å². The van der Waals surface area contributed by atoms with Crippen LogP contribution in [0.5, 0.6) is 0 Å². The third kappa shape index (κ3) is 2.91. The maximum absolute atomic E-state index is 11.8. The van der Waals surface area contributed by atoms with E-state index in [2.05, 4.69) is 15.6 Å². The third-order valence-electron chi connectivity index (χ3n) is 4.66. The molecule has 2 amide bonds. The van der Waals surface area contributed by atoms with Gasteiger partial charge in [-0.1, -0.05) is 6.42 Å². The predicted molar refractivity (Wildman–Crippen MR) is 76.0 cm³/mol. The van der Waals surface area contributed by atoms with Crippen molar-refractivity contribution in [3.63, 3.8) is 0 Å². The van der Waals surface area contributed by atoms with Gasteiger partial charge >= 0.3 is 6.03 Å². The topological polar surface area (TPSA) is 54.0 Å². The summed E-state index contributed by atoms with van der Waals surface area (Å²) in [5.41, 5.74) is 2.83. The number of aromatic nitrogens is 1. The van der Waals surface area contributed by atoms with Gasteiger partial charge in [0.2, 0.25) is 0 Å². The van der Waals surface area contributed by atoms with Crippen LogP contribution in [-0.2, 0) is 6.54 Å². The van der Waals surface area contributed by atoms with Gasteiger partial charge in [-0.2, -0.15) is 0 Å². The number of urea groups is 1. The molecule has 2 bridgehead atoms. The Balaban J connectivity index is 1.39. The number of nitrogens with zero attached hydrogens (tertiary/aromatic N) is 1. The number of carbonyl (C=O) groups excluding carboxylic acids is 1. The molecule has 0 radical (unpaired) electrons. The molecule has 2 aliphatic carbocycles. The number of nitrogens with one attached hydrogen (secondary N) is 2. The monoisotopic (exact) mass is 279 g/mol. The Bertz CT molecular complexity index is 459. The lowest BCUT2D eigenvalue weighted by Gasteiger charge is -2.21. The van der Waals surface area contributed by atoms with Gasteiger partial charge in [0.1, 0.15) is 0 Å².